The number of nitrogens with zero attached hydrogens (tertiary/aromatic N) is 1. The minimum Gasteiger partial charge on any atom is -0.497 e. The van der Waals surface area contributed by atoms with Crippen molar-refractivity contribution in [3.63, 3.8) is 0 Å². The van der Waals surface area contributed by atoms with Gasteiger partial charge in [-0.2, -0.15) is 0 Å². The Morgan fingerprint density at radius 3 is 2.28 bits per heavy atom. The Morgan fingerprint density at radius 2 is 1.68 bits per heavy atom. The predicted molar refractivity (Wildman–Crippen MR) is 103 cm³/mol. The van der Waals surface area contributed by atoms with Gasteiger partial charge in [-0.05, 0) is 37.0 Å². The molecule has 0 atom stereocenters. The molecular formula is C19H32N4O2. The highest BCUT2D eigenvalue weighted by molar-refractivity contribution is 5.80. The molecule has 0 aliphatic rings. The van der Waals surface area contributed by atoms with Gasteiger partial charge in [0.05, 0.1) is 7.11 Å². The van der Waals surface area contributed by atoms with Crippen molar-refractivity contribution >= 4 is 11.9 Å². The molecule has 0 unspecified atom stereocenters. The number of hydrogen-bond donors (Lipinski definition) is 3. The summed E-state index contributed by atoms with van der Waals surface area (Å²) in [7, 11) is 3.43. The summed E-state index contributed by atoms with van der Waals surface area (Å²) in [5, 5.41) is 9.36. The number of aliphatic imine (C=N–C) groups is 1. The van der Waals surface area contributed by atoms with E-state index in [1.165, 1.54) is 5.56 Å². The average Bonchev–Trinajstić information content (AvgIpc) is 2.63. The number of methoxy groups -OCH3 is 1. The van der Waals surface area contributed by atoms with Crippen LogP contribution in [0.2, 0.25) is 0 Å². The average molecular weight is 348 g/mol. The van der Waals surface area contributed by atoms with Crippen molar-refractivity contribution in [2.75, 3.05) is 33.8 Å². The maximum absolute atomic E-state index is 11.5. The van der Waals surface area contributed by atoms with Crippen LogP contribution in [-0.2, 0) is 11.2 Å². The first-order valence-electron chi connectivity index (χ1n) is 8.92. The number of nitrogens with one attached hydrogen (secondary N) is 3. The van der Waals surface area contributed by atoms with Crippen LogP contribution in [0.4, 0.5) is 0 Å². The smallest absolute Gasteiger partial charge is 0.222 e. The van der Waals surface area contributed by atoms with Gasteiger partial charge in [-0.3, -0.25) is 9.79 Å². The molecule has 25 heavy (non-hydrogen) atoms. The minimum atomic E-state index is 0.0168. The number of carbonyl (C=O) groups is 1. The van der Waals surface area contributed by atoms with Crippen LogP contribution >= 0.6 is 0 Å². The lowest BCUT2D eigenvalue weighted by Gasteiger charge is -2.13. The molecule has 0 radical (unpaired) electrons. The summed E-state index contributed by atoms with van der Waals surface area (Å²) < 4.78 is 5.16. The topological polar surface area (TPSA) is 74.8 Å². The number of rotatable bonds is 10. The summed E-state index contributed by atoms with van der Waals surface area (Å²) in [6.45, 7) is 5.89. The zero-order chi connectivity index (χ0) is 18.5. The summed E-state index contributed by atoms with van der Waals surface area (Å²) in [6.07, 6.45) is 3.23. The first kappa shape index (κ1) is 20.8. The van der Waals surface area contributed by atoms with Crippen LogP contribution in [0.3, 0.4) is 0 Å². The minimum absolute atomic E-state index is 0.0168. The Balaban J connectivity index is 2.11. The molecule has 0 saturated heterocycles. The lowest BCUT2D eigenvalue weighted by molar-refractivity contribution is -0.123. The van der Waals surface area contributed by atoms with Crippen LogP contribution in [0.15, 0.2) is 29.3 Å². The number of benzene rings is 1. The fourth-order valence-corrected chi connectivity index (χ4v) is 2.24. The molecule has 6 nitrogen and oxygen atoms in total. The molecule has 140 valence electrons. The van der Waals surface area contributed by atoms with E-state index in [9.17, 15) is 4.79 Å². The molecule has 0 aromatic heterocycles. The third-order valence-electron chi connectivity index (χ3n) is 3.81. The van der Waals surface area contributed by atoms with E-state index >= 15 is 0 Å². The van der Waals surface area contributed by atoms with E-state index in [0.717, 1.165) is 37.5 Å². The highest BCUT2D eigenvalue weighted by atomic mass is 16.5. The number of guanidine groups is 1. The van der Waals surface area contributed by atoms with E-state index in [-0.39, 0.29) is 11.8 Å². The second-order valence-electron chi connectivity index (χ2n) is 6.18. The summed E-state index contributed by atoms with van der Waals surface area (Å²) in [5.74, 6) is 1.75. The van der Waals surface area contributed by atoms with Crippen molar-refractivity contribution in [1.82, 2.24) is 16.0 Å². The summed E-state index contributed by atoms with van der Waals surface area (Å²) >= 11 is 0. The van der Waals surface area contributed by atoms with Crippen molar-refractivity contribution in [3.8, 4) is 5.75 Å². The highest BCUT2D eigenvalue weighted by Gasteiger charge is 2.05. The first-order chi connectivity index (χ1) is 12.1. The van der Waals surface area contributed by atoms with Gasteiger partial charge in [0.15, 0.2) is 5.96 Å². The summed E-state index contributed by atoms with van der Waals surface area (Å²) in [5.41, 5.74) is 1.32. The van der Waals surface area contributed by atoms with Gasteiger partial charge >= 0.3 is 0 Å². The van der Waals surface area contributed by atoms with E-state index in [4.69, 9.17) is 4.74 Å². The van der Waals surface area contributed by atoms with E-state index in [2.05, 4.69) is 33.1 Å². The van der Waals surface area contributed by atoms with Crippen molar-refractivity contribution in [1.29, 1.82) is 0 Å². The molecule has 0 saturated carbocycles. The maximum Gasteiger partial charge on any atom is 0.222 e. The number of unbranched alkanes of at least 4 members (excludes halogenated alkanes) is 1. The Kier molecular flexibility index (Phi) is 10.1. The van der Waals surface area contributed by atoms with E-state index in [1.807, 2.05) is 26.0 Å². The second kappa shape index (κ2) is 12.2. The monoisotopic (exact) mass is 348 g/mol. The van der Waals surface area contributed by atoms with Crippen LogP contribution in [0.1, 0.15) is 32.3 Å². The molecule has 0 bridgehead atoms. The van der Waals surface area contributed by atoms with Gasteiger partial charge in [-0.1, -0.05) is 26.0 Å². The van der Waals surface area contributed by atoms with Crippen molar-refractivity contribution in [2.45, 2.75) is 33.1 Å². The molecule has 1 rings (SSSR count). The van der Waals surface area contributed by atoms with Gasteiger partial charge in [-0.25, -0.2) is 0 Å². The van der Waals surface area contributed by atoms with E-state index in [0.29, 0.717) is 13.1 Å². The third-order valence-corrected chi connectivity index (χ3v) is 3.81. The van der Waals surface area contributed by atoms with Gasteiger partial charge in [0, 0.05) is 32.6 Å². The molecule has 0 fully saturated rings. The zero-order valence-electron chi connectivity index (χ0n) is 15.9. The van der Waals surface area contributed by atoms with Crippen LogP contribution in [0.5, 0.6) is 5.75 Å². The van der Waals surface area contributed by atoms with Crippen LogP contribution in [0.25, 0.3) is 0 Å². The Morgan fingerprint density at radius 1 is 1.04 bits per heavy atom. The number of hydrogen-bond acceptors (Lipinski definition) is 3. The maximum atomic E-state index is 11.5. The van der Waals surface area contributed by atoms with Crippen LogP contribution in [-0.4, -0.2) is 45.7 Å². The van der Waals surface area contributed by atoms with Crippen LogP contribution < -0.4 is 20.7 Å². The zero-order valence-corrected chi connectivity index (χ0v) is 15.9. The molecule has 0 aliphatic heterocycles. The van der Waals surface area contributed by atoms with Crippen molar-refractivity contribution < 1.29 is 9.53 Å². The van der Waals surface area contributed by atoms with Gasteiger partial charge in [0.25, 0.3) is 0 Å². The first-order valence-corrected chi connectivity index (χ1v) is 8.92. The molecule has 1 aromatic rings. The number of carbonyl (C=O) groups excluding carboxylic acids is 1. The molecule has 0 aliphatic carbocycles. The number of ether oxygens (including phenoxy) is 1. The predicted octanol–water partition coefficient (Wildman–Crippen LogP) is 1.96. The normalized spacial score (nSPS) is 11.3. The Labute approximate surface area is 151 Å². The molecule has 6 heteroatoms. The summed E-state index contributed by atoms with van der Waals surface area (Å²) in [4.78, 5) is 15.6. The van der Waals surface area contributed by atoms with E-state index in [1.54, 1.807) is 14.2 Å². The third kappa shape index (κ3) is 8.98. The Bertz CT molecular complexity index is 527. The standard InChI is InChI=1S/C19H32N4O2/c1-15(2)18(24)21-13-14-23-19(20-3)22-12-6-5-7-16-8-10-17(25-4)11-9-16/h8-11,15H,5-7,12-14H2,1-4H3,(H,21,24)(H2,20,22,23). The molecule has 1 aromatic carbocycles. The molecule has 0 heterocycles. The SMILES string of the molecule is CN=C(NCCCCc1ccc(OC)cc1)NCCNC(=O)C(C)C. The highest BCUT2D eigenvalue weighted by Crippen LogP contribution is 2.12. The van der Waals surface area contributed by atoms with E-state index < -0.39 is 0 Å². The molecular weight excluding hydrogens is 316 g/mol. The molecule has 0 spiro atoms. The fraction of sp³-hybridized carbons (Fsp3) is 0.579. The lowest BCUT2D eigenvalue weighted by atomic mass is 10.1. The van der Waals surface area contributed by atoms with Gasteiger partial charge in [-0.15, -0.1) is 0 Å². The van der Waals surface area contributed by atoms with Gasteiger partial charge < -0.3 is 20.7 Å². The lowest BCUT2D eigenvalue weighted by Crippen LogP contribution is -2.42. The largest absolute Gasteiger partial charge is 0.497 e. The molecule has 1 amide bonds. The van der Waals surface area contributed by atoms with Crippen molar-refractivity contribution in [3.05, 3.63) is 29.8 Å². The Hall–Kier alpha value is -2.24. The van der Waals surface area contributed by atoms with Crippen molar-refractivity contribution in [2.24, 2.45) is 10.9 Å². The van der Waals surface area contributed by atoms with Crippen LogP contribution in [0, 0.1) is 5.92 Å². The van der Waals surface area contributed by atoms with Gasteiger partial charge in [0.1, 0.15) is 5.75 Å². The summed E-state index contributed by atoms with van der Waals surface area (Å²) in [6, 6.07) is 8.21. The molecule has 3 N–H and O–H groups in total. The second-order valence-corrected chi connectivity index (χ2v) is 6.18. The number of amides is 1. The van der Waals surface area contributed by atoms with Gasteiger partial charge in [0.2, 0.25) is 5.91 Å². The quantitative estimate of drug-likeness (QED) is 0.343. The number of aryl methyl sites for hydroxylation is 1. The fourth-order valence-electron chi connectivity index (χ4n) is 2.24.